The molecule has 0 spiro atoms. The van der Waals surface area contributed by atoms with E-state index in [-0.39, 0.29) is 22.9 Å². The number of ether oxygens (including phenoxy) is 1. The van der Waals surface area contributed by atoms with Gasteiger partial charge in [-0.15, -0.1) is 0 Å². The maximum atomic E-state index is 12.6. The van der Waals surface area contributed by atoms with Crippen molar-refractivity contribution in [1.29, 1.82) is 0 Å². The van der Waals surface area contributed by atoms with E-state index < -0.39 is 12.1 Å². The lowest BCUT2D eigenvalue weighted by Crippen LogP contribution is -2.65. The Bertz CT molecular complexity index is 1270. The van der Waals surface area contributed by atoms with Crippen molar-refractivity contribution in [3.63, 3.8) is 0 Å². The van der Waals surface area contributed by atoms with Gasteiger partial charge in [0.25, 0.3) is 0 Å². The minimum atomic E-state index is -0.458. The summed E-state index contributed by atoms with van der Waals surface area (Å²) < 4.78 is 5.53. The molecule has 8 heteroatoms. The standard InChI is InChI=1S/C26H28N4O4/c1-16-2-7-21(30(26(27)33)8-9-34-22(14-30)15-31)12-23(16)19-6-5-18-11-24(28-13-20(18)10-19)29-25(32)17-3-4-17/h2,5-7,10-13,17,22,31H,3-4,8-9,14-15H2,1H3,(H2-,27,28,29,32,33)/p+1. The molecule has 1 saturated carbocycles. The SMILES string of the molecule is Cc1ccc([N+]2(C(N)=O)CCOC(CO)C2)cc1-c1ccc2cc(NC(=O)C3CC3)ncc2c1. The Kier molecular flexibility index (Phi) is 5.81. The van der Waals surface area contributed by atoms with Crippen molar-refractivity contribution in [1.82, 2.24) is 9.47 Å². The number of morpholine rings is 1. The van der Waals surface area contributed by atoms with E-state index in [2.05, 4.69) is 16.4 Å². The largest absolute Gasteiger partial charge is 0.419 e. The molecule has 34 heavy (non-hydrogen) atoms. The Morgan fingerprint density at radius 1 is 1.18 bits per heavy atom. The number of nitrogens with one attached hydrogen (secondary N) is 1. The number of aromatic nitrogens is 1. The third-order valence-corrected chi connectivity index (χ3v) is 6.91. The molecule has 1 aliphatic heterocycles. The number of hydrogen-bond donors (Lipinski definition) is 3. The van der Waals surface area contributed by atoms with Gasteiger partial charge in [0, 0.05) is 23.6 Å². The number of anilines is 1. The molecular formula is C26H29N4O4+. The van der Waals surface area contributed by atoms with Crippen LogP contribution in [0.25, 0.3) is 21.9 Å². The van der Waals surface area contributed by atoms with Crippen LogP contribution in [0.3, 0.4) is 0 Å². The monoisotopic (exact) mass is 461 g/mol. The number of amides is 3. The zero-order valence-corrected chi connectivity index (χ0v) is 19.2. The molecule has 1 aliphatic carbocycles. The number of fused-ring (bicyclic) bond motifs is 1. The average Bonchev–Trinajstić information content (AvgIpc) is 3.69. The summed E-state index contributed by atoms with van der Waals surface area (Å²) in [5.74, 6) is 0.726. The van der Waals surface area contributed by atoms with Crippen LogP contribution in [0, 0.1) is 12.8 Å². The smallest absolute Gasteiger partial charge is 0.393 e. The molecule has 2 unspecified atom stereocenters. The van der Waals surface area contributed by atoms with E-state index in [0.717, 1.165) is 46.0 Å². The second kappa shape index (κ2) is 8.79. The molecular weight excluding hydrogens is 432 g/mol. The predicted molar refractivity (Wildman–Crippen MR) is 131 cm³/mol. The van der Waals surface area contributed by atoms with Crippen molar-refractivity contribution in [3.8, 4) is 11.1 Å². The number of rotatable bonds is 5. The second-order valence-corrected chi connectivity index (χ2v) is 9.28. The van der Waals surface area contributed by atoms with Gasteiger partial charge in [-0.25, -0.2) is 14.3 Å². The molecule has 0 radical (unpaired) electrons. The molecule has 2 atom stereocenters. The van der Waals surface area contributed by atoms with E-state index in [4.69, 9.17) is 10.5 Å². The Morgan fingerprint density at radius 2 is 2.00 bits per heavy atom. The fourth-order valence-corrected chi connectivity index (χ4v) is 4.68. The Hall–Kier alpha value is -3.33. The van der Waals surface area contributed by atoms with Crippen LogP contribution in [0.1, 0.15) is 18.4 Å². The molecule has 3 aromatic rings. The Labute approximate surface area is 197 Å². The lowest BCUT2D eigenvalue weighted by Gasteiger charge is -2.39. The van der Waals surface area contributed by atoms with Crippen LogP contribution >= 0.6 is 0 Å². The van der Waals surface area contributed by atoms with Crippen molar-refractivity contribution in [2.45, 2.75) is 25.9 Å². The highest BCUT2D eigenvalue weighted by Gasteiger charge is 2.43. The third-order valence-electron chi connectivity index (χ3n) is 6.91. The van der Waals surface area contributed by atoms with Crippen LogP contribution < -0.4 is 15.5 Å². The van der Waals surface area contributed by atoms with Crippen LogP contribution in [0.5, 0.6) is 0 Å². The topological polar surface area (TPSA) is 115 Å². The van der Waals surface area contributed by atoms with Crippen LogP contribution in [0.2, 0.25) is 0 Å². The first-order chi connectivity index (χ1) is 16.4. The summed E-state index contributed by atoms with van der Waals surface area (Å²) >= 11 is 0. The summed E-state index contributed by atoms with van der Waals surface area (Å²) in [6.45, 7) is 2.94. The van der Waals surface area contributed by atoms with Crippen molar-refractivity contribution in [3.05, 3.63) is 54.2 Å². The van der Waals surface area contributed by atoms with Gasteiger partial charge in [0.05, 0.1) is 13.2 Å². The van der Waals surface area contributed by atoms with Crippen LogP contribution in [-0.2, 0) is 9.53 Å². The van der Waals surface area contributed by atoms with Gasteiger partial charge in [0.1, 0.15) is 30.7 Å². The number of urea groups is 1. The lowest BCUT2D eigenvalue weighted by molar-refractivity contribution is -0.117. The number of aryl methyl sites for hydroxylation is 1. The Morgan fingerprint density at radius 3 is 2.74 bits per heavy atom. The molecule has 3 amide bonds. The number of carbonyl (C=O) groups is 2. The van der Waals surface area contributed by atoms with Gasteiger partial charge in [0.2, 0.25) is 5.91 Å². The first kappa shape index (κ1) is 22.5. The predicted octanol–water partition coefficient (Wildman–Crippen LogP) is 3.34. The number of primary amides is 1. The van der Waals surface area contributed by atoms with E-state index in [9.17, 15) is 14.7 Å². The minimum Gasteiger partial charge on any atom is -0.393 e. The first-order valence-corrected chi connectivity index (χ1v) is 11.6. The molecule has 2 fully saturated rings. The number of benzene rings is 2. The third kappa shape index (κ3) is 4.16. The summed E-state index contributed by atoms with van der Waals surface area (Å²) in [4.78, 5) is 29.1. The van der Waals surface area contributed by atoms with Crippen LogP contribution in [0.4, 0.5) is 16.3 Å². The highest BCUT2D eigenvalue weighted by Crippen LogP contribution is 2.35. The fourth-order valence-electron chi connectivity index (χ4n) is 4.68. The van der Waals surface area contributed by atoms with Crippen LogP contribution in [0.15, 0.2) is 48.7 Å². The maximum absolute atomic E-state index is 12.6. The quantitative estimate of drug-likeness (QED) is 0.504. The summed E-state index contributed by atoms with van der Waals surface area (Å²) in [5.41, 5.74) is 9.73. The molecule has 2 heterocycles. The number of hydrogen-bond acceptors (Lipinski definition) is 5. The van der Waals surface area contributed by atoms with Gasteiger partial charge in [-0.05, 0) is 60.0 Å². The molecule has 2 aliphatic rings. The fraction of sp³-hybridized carbons (Fsp3) is 0.346. The van der Waals surface area contributed by atoms with Gasteiger partial charge in [-0.3, -0.25) is 4.79 Å². The van der Waals surface area contributed by atoms with Crippen molar-refractivity contribution >= 4 is 34.2 Å². The molecule has 176 valence electrons. The second-order valence-electron chi connectivity index (χ2n) is 9.28. The number of quaternary nitrogens is 1. The normalized spacial score (nSPS) is 22.5. The van der Waals surface area contributed by atoms with Crippen LogP contribution in [-0.4, -0.2) is 54.4 Å². The van der Waals surface area contributed by atoms with Gasteiger partial charge in [-0.2, -0.15) is 0 Å². The summed E-state index contributed by atoms with van der Waals surface area (Å²) in [5, 5.41) is 14.4. The number of nitrogens with two attached hydrogens (primary N) is 1. The summed E-state index contributed by atoms with van der Waals surface area (Å²) in [6.07, 6.45) is 3.23. The Balaban J connectivity index is 1.49. The maximum Gasteiger partial charge on any atom is 0.419 e. The number of carbonyl (C=O) groups excluding carboxylic acids is 2. The molecule has 1 aromatic heterocycles. The van der Waals surface area contributed by atoms with E-state index in [1.165, 1.54) is 0 Å². The molecule has 2 aromatic carbocycles. The molecule has 8 nitrogen and oxygen atoms in total. The first-order valence-electron chi connectivity index (χ1n) is 11.6. The van der Waals surface area contributed by atoms with Gasteiger partial charge in [-0.1, -0.05) is 18.2 Å². The van der Waals surface area contributed by atoms with Gasteiger partial charge >= 0.3 is 6.03 Å². The number of aliphatic hydroxyl groups excluding tert-OH is 1. The van der Waals surface area contributed by atoms with E-state index in [1.807, 2.05) is 43.3 Å². The van der Waals surface area contributed by atoms with Gasteiger partial charge < -0.3 is 20.9 Å². The average molecular weight is 462 g/mol. The zero-order chi connectivity index (χ0) is 23.9. The number of nitrogens with zero attached hydrogens (tertiary/aromatic N) is 2. The molecule has 4 N–H and O–H groups in total. The highest BCUT2D eigenvalue weighted by molar-refractivity contribution is 5.96. The summed E-state index contributed by atoms with van der Waals surface area (Å²) in [6, 6.07) is 13.5. The van der Waals surface area contributed by atoms with Crippen molar-refractivity contribution < 1.29 is 19.4 Å². The highest BCUT2D eigenvalue weighted by atomic mass is 16.5. The molecule has 5 rings (SSSR count). The van der Waals surface area contributed by atoms with Gasteiger partial charge in [0.15, 0.2) is 0 Å². The van der Waals surface area contributed by atoms with E-state index in [0.29, 0.717) is 25.5 Å². The van der Waals surface area contributed by atoms with E-state index >= 15 is 0 Å². The number of pyridine rings is 1. The van der Waals surface area contributed by atoms with Crippen molar-refractivity contribution in [2.75, 3.05) is 31.6 Å². The molecule has 1 saturated heterocycles. The summed E-state index contributed by atoms with van der Waals surface area (Å²) in [7, 11) is 0. The zero-order valence-electron chi connectivity index (χ0n) is 19.2. The number of aliphatic hydroxyl groups is 1. The van der Waals surface area contributed by atoms with Crippen molar-refractivity contribution in [2.24, 2.45) is 11.7 Å². The lowest BCUT2D eigenvalue weighted by atomic mass is 9.96. The van der Waals surface area contributed by atoms with E-state index in [1.54, 1.807) is 6.20 Å². The molecule has 0 bridgehead atoms. The minimum absolute atomic E-state index is 0.0361.